The molecule has 2 aromatic carbocycles. The van der Waals surface area contributed by atoms with E-state index < -0.39 is 0 Å². The van der Waals surface area contributed by atoms with E-state index in [-0.39, 0.29) is 6.61 Å². The predicted molar refractivity (Wildman–Crippen MR) is 103 cm³/mol. The molecule has 128 valence electrons. The van der Waals surface area contributed by atoms with Crippen molar-refractivity contribution in [1.82, 2.24) is 14.5 Å². The van der Waals surface area contributed by atoms with Crippen LogP contribution in [0.15, 0.2) is 85.2 Å². The number of aromatic nitrogens is 3. The lowest BCUT2D eigenvalue weighted by Gasteiger charge is -2.12. The number of pyridine rings is 1. The Hall–Kier alpha value is -3.24. The van der Waals surface area contributed by atoms with Crippen molar-refractivity contribution in [2.24, 2.45) is 0 Å². The van der Waals surface area contributed by atoms with E-state index in [2.05, 4.69) is 33.8 Å². The van der Waals surface area contributed by atoms with Crippen molar-refractivity contribution >= 4 is 0 Å². The second kappa shape index (κ2) is 7.33. The first-order chi connectivity index (χ1) is 12.9. The van der Waals surface area contributed by atoms with Gasteiger partial charge in [-0.2, -0.15) is 0 Å². The van der Waals surface area contributed by atoms with E-state index in [1.165, 1.54) is 0 Å². The molecule has 0 aliphatic heterocycles. The topological polar surface area (TPSA) is 50.9 Å². The molecule has 0 unspecified atom stereocenters. The molecule has 2 aromatic heterocycles. The summed E-state index contributed by atoms with van der Waals surface area (Å²) in [5.74, 6) is 0.833. The van der Waals surface area contributed by atoms with Crippen LogP contribution in [0, 0.1) is 0 Å². The zero-order valence-corrected chi connectivity index (χ0v) is 14.3. The summed E-state index contributed by atoms with van der Waals surface area (Å²) in [5.41, 5.74) is 5.04. The van der Waals surface area contributed by atoms with E-state index >= 15 is 0 Å². The predicted octanol–water partition coefficient (Wildman–Crippen LogP) is 4.27. The zero-order valence-electron chi connectivity index (χ0n) is 14.3. The first kappa shape index (κ1) is 16.2. The van der Waals surface area contributed by atoms with Crippen molar-refractivity contribution in [2.75, 3.05) is 6.61 Å². The van der Waals surface area contributed by atoms with Gasteiger partial charge < -0.3 is 9.67 Å². The molecule has 0 saturated carbocycles. The summed E-state index contributed by atoms with van der Waals surface area (Å²) < 4.78 is 2.09. The van der Waals surface area contributed by atoms with E-state index in [1.54, 1.807) is 12.4 Å². The van der Waals surface area contributed by atoms with Crippen LogP contribution in [0.5, 0.6) is 0 Å². The molecule has 2 heterocycles. The molecule has 4 heteroatoms. The van der Waals surface area contributed by atoms with E-state index in [0.717, 1.165) is 33.9 Å². The quantitative estimate of drug-likeness (QED) is 0.590. The molecule has 0 saturated heterocycles. The Morgan fingerprint density at radius 3 is 1.96 bits per heavy atom. The molecule has 1 N–H and O–H groups in total. The van der Waals surface area contributed by atoms with Crippen LogP contribution in [0.1, 0.15) is 0 Å². The number of rotatable bonds is 5. The Morgan fingerprint density at radius 2 is 1.35 bits per heavy atom. The highest BCUT2D eigenvalue weighted by Gasteiger charge is 2.20. The van der Waals surface area contributed by atoms with Gasteiger partial charge in [0.05, 0.1) is 18.0 Å². The van der Waals surface area contributed by atoms with Gasteiger partial charge in [0.15, 0.2) is 0 Å². The normalized spacial score (nSPS) is 10.8. The van der Waals surface area contributed by atoms with Gasteiger partial charge >= 0.3 is 0 Å². The lowest BCUT2D eigenvalue weighted by atomic mass is 10.0. The first-order valence-electron chi connectivity index (χ1n) is 8.61. The fraction of sp³-hybridized carbons (Fsp3) is 0.0909. The molecule has 26 heavy (non-hydrogen) atoms. The number of hydrogen-bond acceptors (Lipinski definition) is 3. The van der Waals surface area contributed by atoms with Crippen LogP contribution in [0.4, 0.5) is 0 Å². The largest absolute Gasteiger partial charge is 0.395 e. The second-order valence-corrected chi connectivity index (χ2v) is 5.98. The van der Waals surface area contributed by atoms with Gasteiger partial charge in [0.1, 0.15) is 5.82 Å². The van der Waals surface area contributed by atoms with Crippen molar-refractivity contribution in [3.05, 3.63) is 85.2 Å². The van der Waals surface area contributed by atoms with E-state index in [1.807, 2.05) is 48.5 Å². The highest BCUT2D eigenvalue weighted by molar-refractivity contribution is 5.82. The van der Waals surface area contributed by atoms with Crippen molar-refractivity contribution in [3.63, 3.8) is 0 Å². The summed E-state index contributed by atoms with van der Waals surface area (Å²) in [7, 11) is 0. The lowest BCUT2D eigenvalue weighted by Crippen LogP contribution is -2.06. The molecule has 0 aliphatic rings. The Bertz CT molecular complexity index is 980. The van der Waals surface area contributed by atoms with Crippen molar-refractivity contribution in [2.45, 2.75) is 6.54 Å². The summed E-state index contributed by atoms with van der Waals surface area (Å²) in [6.07, 6.45) is 3.52. The number of hydrogen-bond donors (Lipinski definition) is 1. The van der Waals surface area contributed by atoms with Gasteiger partial charge in [-0.15, -0.1) is 0 Å². The van der Waals surface area contributed by atoms with E-state index in [0.29, 0.717) is 6.54 Å². The van der Waals surface area contributed by atoms with Gasteiger partial charge in [-0.05, 0) is 12.1 Å². The lowest BCUT2D eigenvalue weighted by molar-refractivity contribution is 0.277. The highest BCUT2D eigenvalue weighted by atomic mass is 16.3. The Balaban J connectivity index is 2.02. The smallest absolute Gasteiger partial charge is 0.141 e. The fourth-order valence-corrected chi connectivity index (χ4v) is 3.18. The first-order valence-corrected chi connectivity index (χ1v) is 8.61. The average Bonchev–Trinajstić information content (AvgIpc) is 3.10. The van der Waals surface area contributed by atoms with Gasteiger partial charge in [0.2, 0.25) is 0 Å². The third-order valence-corrected chi connectivity index (χ3v) is 4.32. The van der Waals surface area contributed by atoms with Gasteiger partial charge in [-0.1, -0.05) is 60.7 Å². The van der Waals surface area contributed by atoms with Gasteiger partial charge in [-0.25, -0.2) is 4.98 Å². The zero-order chi connectivity index (χ0) is 17.8. The Morgan fingerprint density at radius 1 is 0.731 bits per heavy atom. The second-order valence-electron chi connectivity index (χ2n) is 5.98. The molecular weight excluding hydrogens is 322 g/mol. The van der Waals surface area contributed by atoms with E-state index in [4.69, 9.17) is 4.98 Å². The molecular formula is C22H19N3O. The van der Waals surface area contributed by atoms with E-state index in [9.17, 15) is 5.11 Å². The standard InChI is InChI=1S/C22H19N3O/c26-16-15-25-21(18-9-5-2-6-10-18)20(17-7-3-1-4-8-17)24-22(25)19-11-13-23-14-12-19/h1-14,26H,15-16H2. The maximum absolute atomic E-state index is 9.68. The van der Waals surface area contributed by atoms with Crippen LogP contribution in [-0.4, -0.2) is 26.2 Å². The Labute approximate surface area is 152 Å². The third kappa shape index (κ3) is 3.03. The minimum Gasteiger partial charge on any atom is -0.395 e. The molecule has 4 aromatic rings. The summed E-state index contributed by atoms with van der Waals surface area (Å²) in [6.45, 7) is 0.518. The number of benzene rings is 2. The van der Waals surface area contributed by atoms with Crippen molar-refractivity contribution in [1.29, 1.82) is 0 Å². The molecule has 0 fully saturated rings. The number of nitrogens with zero attached hydrogens (tertiary/aromatic N) is 3. The van der Waals surface area contributed by atoms with Crippen LogP contribution in [0.25, 0.3) is 33.9 Å². The number of imidazole rings is 1. The van der Waals surface area contributed by atoms with Gasteiger partial charge in [0.25, 0.3) is 0 Å². The summed E-state index contributed by atoms with van der Waals surface area (Å²) in [6, 6.07) is 24.2. The molecule has 0 amide bonds. The minimum absolute atomic E-state index is 0.0442. The maximum Gasteiger partial charge on any atom is 0.141 e. The van der Waals surface area contributed by atoms with Crippen LogP contribution < -0.4 is 0 Å². The van der Waals surface area contributed by atoms with Gasteiger partial charge in [-0.3, -0.25) is 4.98 Å². The highest BCUT2D eigenvalue weighted by Crippen LogP contribution is 2.35. The summed E-state index contributed by atoms with van der Waals surface area (Å²) in [5, 5.41) is 9.68. The van der Waals surface area contributed by atoms with Crippen LogP contribution in [0.2, 0.25) is 0 Å². The fourth-order valence-electron chi connectivity index (χ4n) is 3.18. The molecule has 0 radical (unpaired) electrons. The Kier molecular flexibility index (Phi) is 4.58. The number of aliphatic hydroxyl groups is 1. The van der Waals surface area contributed by atoms with Crippen molar-refractivity contribution < 1.29 is 5.11 Å². The molecule has 0 aliphatic carbocycles. The van der Waals surface area contributed by atoms with Crippen molar-refractivity contribution in [3.8, 4) is 33.9 Å². The molecule has 0 spiro atoms. The maximum atomic E-state index is 9.68. The molecule has 0 atom stereocenters. The molecule has 4 rings (SSSR count). The average molecular weight is 341 g/mol. The molecule has 0 bridgehead atoms. The van der Waals surface area contributed by atoms with Crippen LogP contribution >= 0.6 is 0 Å². The van der Waals surface area contributed by atoms with Gasteiger partial charge in [0, 0.05) is 35.6 Å². The summed E-state index contributed by atoms with van der Waals surface area (Å²) >= 11 is 0. The number of aliphatic hydroxyl groups excluding tert-OH is 1. The third-order valence-electron chi connectivity index (χ3n) is 4.32. The summed E-state index contributed by atoms with van der Waals surface area (Å²) in [4.78, 5) is 9.08. The van der Waals surface area contributed by atoms with Crippen LogP contribution in [0.3, 0.4) is 0 Å². The van der Waals surface area contributed by atoms with Crippen LogP contribution in [-0.2, 0) is 6.54 Å². The minimum atomic E-state index is 0.0442. The monoisotopic (exact) mass is 341 g/mol. The SMILES string of the molecule is OCCn1c(-c2ccncc2)nc(-c2ccccc2)c1-c1ccccc1. The molecule has 4 nitrogen and oxygen atoms in total.